The van der Waals surface area contributed by atoms with Crippen molar-refractivity contribution < 1.29 is 9.53 Å². The Morgan fingerprint density at radius 2 is 2.28 bits per heavy atom. The number of carbonyl (C=O) groups is 1. The molecule has 0 radical (unpaired) electrons. The molecule has 98 valence electrons. The van der Waals surface area contributed by atoms with Gasteiger partial charge in [0.1, 0.15) is 5.75 Å². The van der Waals surface area contributed by atoms with Crippen LogP contribution < -0.4 is 10.1 Å². The molecule has 1 amide bonds. The van der Waals surface area contributed by atoms with Gasteiger partial charge < -0.3 is 10.1 Å². The number of carbonyl (C=O) groups excluding carboxylic acids is 1. The average Bonchev–Trinajstić information content (AvgIpc) is 2.27. The van der Waals surface area contributed by atoms with Crippen LogP contribution in [0.25, 0.3) is 0 Å². The summed E-state index contributed by atoms with van der Waals surface area (Å²) in [5.74, 6) is 1.19. The molecule has 0 aromatic heterocycles. The Hall–Kier alpha value is -1.51. The summed E-state index contributed by atoms with van der Waals surface area (Å²) < 4.78 is 5.62. The van der Waals surface area contributed by atoms with Gasteiger partial charge in [0, 0.05) is 17.7 Å². The maximum absolute atomic E-state index is 11.8. The summed E-state index contributed by atoms with van der Waals surface area (Å²) in [6.07, 6.45) is 5.41. The predicted octanol–water partition coefficient (Wildman–Crippen LogP) is 3.60. The van der Waals surface area contributed by atoms with E-state index in [-0.39, 0.29) is 11.8 Å². The molecule has 1 aliphatic carbocycles. The molecule has 1 fully saturated rings. The summed E-state index contributed by atoms with van der Waals surface area (Å²) in [4.78, 5) is 11.8. The Morgan fingerprint density at radius 1 is 1.44 bits per heavy atom. The van der Waals surface area contributed by atoms with Gasteiger partial charge in [-0.2, -0.15) is 0 Å². The molecule has 18 heavy (non-hydrogen) atoms. The van der Waals surface area contributed by atoms with Crippen LogP contribution in [0.5, 0.6) is 5.75 Å². The molecular weight excluding hydrogens is 226 g/mol. The monoisotopic (exact) mass is 247 g/mol. The van der Waals surface area contributed by atoms with Gasteiger partial charge >= 0.3 is 0 Å². The first-order valence-electron chi connectivity index (χ1n) is 6.83. The highest BCUT2D eigenvalue weighted by Gasteiger charge is 2.25. The zero-order valence-electron chi connectivity index (χ0n) is 10.9. The van der Waals surface area contributed by atoms with E-state index in [1.54, 1.807) is 0 Å². The van der Waals surface area contributed by atoms with Crippen molar-refractivity contribution in [2.24, 2.45) is 5.92 Å². The lowest BCUT2D eigenvalue weighted by Gasteiger charge is -2.24. The SMILES string of the molecule is CCCCOc1cccc(NC(=O)C2CCC2)c1. The summed E-state index contributed by atoms with van der Waals surface area (Å²) in [6, 6.07) is 7.64. The number of rotatable bonds is 6. The van der Waals surface area contributed by atoms with Crippen LogP contribution in [0.15, 0.2) is 24.3 Å². The Kier molecular flexibility index (Phi) is 4.62. The molecule has 1 saturated carbocycles. The molecule has 0 atom stereocenters. The van der Waals surface area contributed by atoms with Gasteiger partial charge in [0.05, 0.1) is 6.61 Å². The largest absolute Gasteiger partial charge is 0.494 e. The summed E-state index contributed by atoms with van der Waals surface area (Å²) in [5.41, 5.74) is 0.834. The fourth-order valence-corrected chi connectivity index (χ4v) is 1.91. The van der Waals surface area contributed by atoms with Crippen LogP contribution in [0.3, 0.4) is 0 Å². The van der Waals surface area contributed by atoms with Crippen molar-refractivity contribution in [3.05, 3.63) is 24.3 Å². The number of unbranched alkanes of at least 4 members (excludes halogenated alkanes) is 1. The molecule has 0 spiro atoms. The second-order valence-corrected chi connectivity index (χ2v) is 4.85. The van der Waals surface area contributed by atoms with Crippen LogP contribution in [0.4, 0.5) is 5.69 Å². The van der Waals surface area contributed by atoms with E-state index in [9.17, 15) is 4.79 Å². The normalized spacial score (nSPS) is 14.9. The van der Waals surface area contributed by atoms with Gasteiger partial charge in [-0.05, 0) is 31.4 Å². The summed E-state index contributed by atoms with van der Waals surface area (Å²) in [5, 5.41) is 2.96. The van der Waals surface area contributed by atoms with E-state index >= 15 is 0 Å². The van der Waals surface area contributed by atoms with Crippen molar-refractivity contribution in [1.29, 1.82) is 0 Å². The Morgan fingerprint density at radius 3 is 2.94 bits per heavy atom. The molecular formula is C15H21NO2. The van der Waals surface area contributed by atoms with Crippen molar-refractivity contribution in [3.8, 4) is 5.75 Å². The van der Waals surface area contributed by atoms with E-state index in [0.29, 0.717) is 0 Å². The molecule has 0 unspecified atom stereocenters. The molecule has 0 bridgehead atoms. The van der Waals surface area contributed by atoms with Gasteiger partial charge in [0.2, 0.25) is 5.91 Å². The van der Waals surface area contributed by atoms with E-state index in [2.05, 4.69) is 12.2 Å². The quantitative estimate of drug-likeness (QED) is 0.780. The minimum Gasteiger partial charge on any atom is -0.494 e. The molecule has 2 rings (SSSR count). The van der Waals surface area contributed by atoms with Crippen molar-refractivity contribution in [2.75, 3.05) is 11.9 Å². The Bertz CT molecular complexity index is 399. The summed E-state index contributed by atoms with van der Waals surface area (Å²) in [6.45, 7) is 2.87. The van der Waals surface area contributed by atoms with E-state index in [4.69, 9.17) is 4.74 Å². The van der Waals surface area contributed by atoms with Gasteiger partial charge in [0.25, 0.3) is 0 Å². The van der Waals surface area contributed by atoms with Gasteiger partial charge in [-0.25, -0.2) is 0 Å². The number of benzene rings is 1. The third-order valence-electron chi connectivity index (χ3n) is 3.34. The van der Waals surface area contributed by atoms with E-state index in [0.717, 1.165) is 43.7 Å². The highest BCUT2D eigenvalue weighted by molar-refractivity contribution is 5.93. The lowest BCUT2D eigenvalue weighted by Crippen LogP contribution is -2.27. The van der Waals surface area contributed by atoms with Crippen LogP contribution in [0.1, 0.15) is 39.0 Å². The van der Waals surface area contributed by atoms with E-state index in [1.165, 1.54) is 6.42 Å². The lowest BCUT2D eigenvalue weighted by atomic mass is 9.85. The summed E-state index contributed by atoms with van der Waals surface area (Å²) in [7, 11) is 0. The van der Waals surface area contributed by atoms with E-state index < -0.39 is 0 Å². The number of nitrogens with one attached hydrogen (secondary N) is 1. The third-order valence-corrected chi connectivity index (χ3v) is 3.34. The summed E-state index contributed by atoms with van der Waals surface area (Å²) >= 11 is 0. The van der Waals surface area contributed by atoms with Crippen molar-refractivity contribution in [1.82, 2.24) is 0 Å². The first-order valence-corrected chi connectivity index (χ1v) is 6.83. The number of anilines is 1. The first-order chi connectivity index (χ1) is 8.79. The van der Waals surface area contributed by atoms with Crippen LogP contribution in [0, 0.1) is 5.92 Å². The maximum Gasteiger partial charge on any atom is 0.227 e. The van der Waals surface area contributed by atoms with Crippen molar-refractivity contribution in [3.63, 3.8) is 0 Å². The maximum atomic E-state index is 11.8. The predicted molar refractivity (Wildman–Crippen MR) is 72.8 cm³/mol. The molecule has 0 heterocycles. The van der Waals surface area contributed by atoms with Crippen molar-refractivity contribution in [2.45, 2.75) is 39.0 Å². The smallest absolute Gasteiger partial charge is 0.227 e. The van der Waals surface area contributed by atoms with Gasteiger partial charge in [-0.1, -0.05) is 25.8 Å². The van der Waals surface area contributed by atoms with Crippen LogP contribution in [-0.4, -0.2) is 12.5 Å². The first kappa shape index (κ1) is 12.9. The minimum atomic E-state index is 0.145. The minimum absolute atomic E-state index is 0.145. The van der Waals surface area contributed by atoms with Gasteiger partial charge in [-0.3, -0.25) is 4.79 Å². The molecule has 1 aromatic rings. The van der Waals surface area contributed by atoms with Crippen LogP contribution in [0.2, 0.25) is 0 Å². The number of amides is 1. The highest BCUT2D eigenvalue weighted by Crippen LogP contribution is 2.28. The zero-order valence-corrected chi connectivity index (χ0v) is 10.9. The molecule has 1 aromatic carbocycles. The Labute approximate surface area is 109 Å². The topological polar surface area (TPSA) is 38.3 Å². The molecule has 1 aliphatic rings. The second kappa shape index (κ2) is 6.43. The fourth-order valence-electron chi connectivity index (χ4n) is 1.91. The second-order valence-electron chi connectivity index (χ2n) is 4.85. The highest BCUT2D eigenvalue weighted by atomic mass is 16.5. The zero-order chi connectivity index (χ0) is 12.8. The van der Waals surface area contributed by atoms with Crippen LogP contribution in [-0.2, 0) is 4.79 Å². The number of ether oxygens (including phenoxy) is 1. The lowest BCUT2D eigenvalue weighted by molar-refractivity contribution is -0.122. The van der Waals surface area contributed by atoms with Crippen molar-refractivity contribution >= 4 is 11.6 Å². The number of hydrogen-bond acceptors (Lipinski definition) is 2. The van der Waals surface area contributed by atoms with Crippen LogP contribution >= 0.6 is 0 Å². The Balaban J connectivity index is 1.87. The standard InChI is InChI=1S/C15H21NO2/c1-2-3-10-18-14-9-5-8-13(11-14)16-15(17)12-6-4-7-12/h5,8-9,11-12H,2-4,6-7,10H2,1H3,(H,16,17). The molecule has 3 nitrogen and oxygen atoms in total. The average molecular weight is 247 g/mol. The molecule has 3 heteroatoms. The van der Waals surface area contributed by atoms with Gasteiger partial charge in [-0.15, -0.1) is 0 Å². The fraction of sp³-hybridized carbons (Fsp3) is 0.533. The third kappa shape index (κ3) is 3.49. The molecule has 0 aliphatic heterocycles. The molecule has 1 N–H and O–H groups in total. The van der Waals surface area contributed by atoms with E-state index in [1.807, 2.05) is 24.3 Å². The molecule has 0 saturated heterocycles. The number of hydrogen-bond donors (Lipinski definition) is 1. The van der Waals surface area contributed by atoms with Gasteiger partial charge in [0.15, 0.2) is 0 Å².